The van der Waals surface area contributed by atoms with Crippen molar-refractivity contribution in [3.63, 3.8) is 0 Å². The van der Waals surface area contributed by atoms with Crippen LogP contribution in [0.25, 0.3) is 0 Å². The molecule has 0 aromatic rings. The molecule has 0 aliphatic heterocycles. The molecule has 0 bridgehead atoms. The summed E-state index contributed by atoms with van der Waals surface area (Å²) in [6.07, 6.45) is 1.73. The van der Waals surface area contributed by atoms with Gasteiger partial charge in [0.25, 0.3) is 5.91 Å². The Bertz CT molecular complexity index is 1940. The number of nitrogens with one attached hydrogen (secondary N) is 5. The van der Waals surface area contributed by atoms with E-state index >= 15 is 0 Å². The fourth-order valence-electron chi connectivity index (χ4n) is 8.19. The summed E-state index contributed by atoms with van der Waals surface area (Å²) in [6.45, 7) is 24.8. The second-order valence-electron chi connectivity index (χ2n) is 22.0. The van der Waals surface area contributed by atoms with Gasteiger partial charge in [0, 0.05) is 55.8 Å². The predicted octanol–water partition coefficient (Wildman–Crippen LogP) is 3.03. The van der Waals surface area contributed by atoms with Crippen molar-refractivity contribution in [3.8, 4) is 0 Å². The van der Waals surface area contributed by atoms with E-state index in [2.05, 4.69) is 26.6 Å². The molecule has 7 atom stereocenters. The Labute approximate surface area is 441 Å². The minimum absolute atomic E-state index is 0.0429. The zero-order valence-corrected chi connectivity index (χ0v) is 48.6. The van der Waals surface area contributed by atoms with Crippen molar-refractivity contribution in [2.24, 2.45) is 35.5 Å². The average Bonchev–Trinajstić information content (AvgIpc) is 3.31. The van der Waals surface area contributed by atoms with Crippen molar-refractivity contribution in [1.82, 2.24) is 56.0 Å². The van der Waals surface area contributed by atoms with Crippen molar-refractivity contribution in [1.29, 1.82) is 0 Å². The van der Waals surface area contributed by atoms with Gasteiger partial charge in [-0.3, -0.25) is 53.4 Å². The van der Waals surface area contributed by atoms with Gasteiger partial charge >= 0.3 is 12.1 Å². The van der Waals surface area contributed by atoms with E-state index in [1.54, 1.807) is 41.7 Å². The highest BCUT2D eigenvalue weighted by Crippen LogP contribution is 2.22. The van der Waals surface area contributed by atoms with Crippen molar-refractivity contribution >= 4 is 65.2 Å². The van der Waals surface area contributed by atoms with Crippen LogP contribution >= 0.6 is 0 Å². The van der Waals surface area contributed by atoms with Crippen LogP contribution in [0, 0.1) is 35.5 Å². The number of rotatable bonds is 28. The Kier molecular flexibility index (Phi) is 29.3. The number of hydrogen-bond donors (Lipinski definition) is 5. The largest absolute Gasteiger partial charge is 0.343 e. The zero-order chi connectivity index (χ0) is 57.8. The molecule has 0 fully saturated rings. The zero-order valence-electron chi connectivity index (χ0n) is 48.6. The molecule has 22 nitrogen and oxygen atoms in total. The maximum atomic E-state index is 14.2. The summed E-state index contributed by atoms with van der Waals surface area (Å²) in [7, 11) is 9.85. The number of imide groups is 2. The Morgan fingerprint density at radius 3 is 1.39 bits per heavy atom. The van der Waals surface area contributed by atoms with Gasteiger partial charge in [0.15, 0.2) is 0 Å². The van der Waals surface area contributed by atoms with Gasteiger partial charge in [-0.1, -0.05) is 90.0 Å². The Hall–Kier alpha value is -5.83. The maximum absolute atomic E-state index is 14.2. The molecular formula is C52H95N11O11. The molecule has 424 valence electrons. The first-order chi connectivity index (χ1) is 34.1. The van der Waals surface area contributed by atoms with Crippen LogP contribution < -0.4 is 26.6 Å². The van der Waals surface area contributed by atoms with Crippen LogP contribution in [-0.4, -0.2) is 193 Å². The van der Waals surface area contributed by atoms with Gasteiger partial charge in [0.1, 0.15) is 42.3 Å². The lowest BCUT2D eigenvalue weighted by atomic mass is 9.97. The minimum Gasteiger partial charge on any atom is -0.343 e. The fraction of sp³-hybridized carbons (Fsp3) is 0.788. The topological polar surface area (TPSA) is 267 Å². The second kappa shape index (κ2) is 31.8. The first kappa shape index (κ1) is 68.2. The number of hydrogen-bond acceptors (Lipinski definition) is 11. The summed E-state index contributed by atoms with van der Waals surface area (Å²) in [5.74, 6) is -6.08. The molecule has 0 aliphatic carbocycles. The Morgan fingerprint density at radius 2 is 0.946 bits per heavy atom. The number of urea groups is 2. The summed E-state index contributed by atoms with van der Waals surface area (Å²) in [5, 5.41) is 12.3. The van der Waals surface area contributed by atoms with E-state index in [1.165, 1.54) is 68.8 Å². The van der Waals surface area contributed by atoms with E-state index in [-0.39, 0.29) is 55.3 Å². The van der Waals surface area contributed by atoms with Gasteiger partial charge in [0.05, 0.1) is 6.54 Å². The second-order valence-corrected chi connectivity index (χ2v) is 22.0. The minimum atomic E-state index is -1.19. The summed E-state index contributed by atoms with van der Waals surface area (Å²) < 4.78 is 0. The van der Waals surface area contributed by atoms with Crippen LogP contribution in [0.2, 0.25) is 0 Å². The number of carbonyl (C=O) groups is 11. The van der Waals surface area contributed by atoms with Crippen molar-refractivity contribution in [2.75, 3.05) is 55.9 Å². The van der Waals surface area contributed by atoms with Crippen molar-refractivity contribution in [3.05, 3.63) is 0 Å². The normalized spacial score (nSPS) is 14.3. The first-order valence-corrected chi connectivity index (χ1v) is 26.1. The first-order valence-electron chi connectivity index (χ1n) is 26.1. The molecule has 0 rings (SSSR count). The maximum Gasteiger partial charge on any atom is 0.324 e. The lowest BCUT2D eigenvalue weighted by Gasteiger charge is -2.37. The average molecular weight is 1050 g/mol. The third kappa shape index (κ3) is 21.2. The molecule has 0 heterocycles. The summed E-state index contributed by atoms with van der Waals surface area (Å²) in [6, 6.07) is -9.26. The van der Waals surface area contributed by atoms with Gasteiger partial charge in [-0.05, 0) is 74.5 Å². The molecule has 0 spiro atoms. The standard InChI is InChI=1S/C52H95N11O11/c1-22-36(55-52(74)63(21)50(72)43(34(12)13)62(20)48(70)39(27-32(8)9)60(18)40(64)24-23-29(2)3)47(69)58(16)28-41(65)59(17)37(25-30(4)5)46(68)56-42(33(10)11)49(71)61(19)38(26-31(6)7)45(67)54-35(14)44(66)57-51(73)53-15/h29-39,42-43H,22-28H2,1-21H3,(H,54,67)(H,55,74)(H,56,68)(H2,53,57,66,73)/t35-,36+,37+,38+,39+,42+,43+/m1/s1. The summed E-state index contributed by atoms with van der Waals surface area (Å²) in [4.78, 5) is 156. The third-order valence-corrected chi connectivity index (χ3v) is 12.9. The fourth-order valence-corrected chi connectivity index (χ4v) is 8.19. The molecular weight excluding hydrogens is 955 g/mol. The number of amides is 13. The molecule has 0 aromatic heterocycles. The molecule has 0 unspecified atom stereocenters. The van der Waals surface area contributed by atoms with E-state index in [9.17, 15) is 52.7 Å². The third-order valence-electron chi connectivity index (χ3n) is 12.9. The van der Waals surface area contributed by atoms with Gasteiger partial charge in [-0.2, -0.15) is 0 Å². The highest BCUT2D eigenvalue weighted by Gasteiger charge is 2.41. The van der Waals surface area contributed by atoms with Gasteiger partial charge in [0.2, 0.25) is 47.3 Å². The van der Waals surface area contributed by atoms with Gasteiger partial charge < -0.3 is 45.8 Å². The molecule has 0 saturated carbocycles. The lowest BCUT2D eigenvalue weighted by molar-refractivity contribution is -0.150. The molecule has 5 N–H and O–H groups in total. The molecule has 74 heavy (non-hydrogen) atoms. The highest BCUT2D eigenvalue weighted by atomic mass is 16.2. The Balaban J connectivity index is 6.34. The molecule has 0 radical (unpaired) electrons. The summed E-state index contributed by atoms with van der Waals surface area (Å²) in [5.41, 5.74) is 0. The van der Waals surface area contributed by atoms with Gasteiger partial charge in [-0.15, -0.1) is 0 Å². The lowest BCUT2D eigenvalue weighted by Crippen LogP contribution is -2.60. The quantitative estimate of drug-likeness (QED) is 0.0761. The number of likely N-dealkylation sites (N-methyl/N-ethyl adjacent to an activating group) is 6. The molecule has 0 saturated heterocycles. The molecule has 13 amide bonds. The van der Waals surface area contributed by atoms with Crippen LogP contribution in [0.15, 0.2) is 0 Å². The molecule has 0 aliphatic rings. The number of nitrogens with zero attached hydrogens (tertiary/aromatic N) is 6. The van der Waals surface area contributed by atoms with E-state index in [0.717, 1.165) is 9.80 Å². The Morgan fingerprint density at radius 1 is 0.473 bits per heavy atom. The van der Waals surface area contributed by atoms with E-state index in [4.69, 9.17) is 0 Å². The summed E-state index contributed by atoms with van der Waals surface area (Å²) >= 11 is 0. The van der Waals surface area contributed by atoms with Crippen LogP contribution in [-0.2, 0) is 43.2 Å². The number of carbonyl (C=O) groups excluding carboxylic acids is 11. The smallest absolute Gasteiger partial charge is 0.324 e. The molecule has 0 aromatic carbocycles. The van der Waals surface area contributed by atoms with Crippen LogP contribution in [0.5, 0.6) is 0 Å². The van der Waals surface area contributed by atoms with E-state index < -0.39 is 120 Å². The SMILES string of the molecule is CC[C@H](NC(=O)N(C)C(=O)[C@H](C(C)C)N(C)C(=O)[C@H](CC(C)C)N(C)C(=O)CCC(C)C)C(=O)N(C)CC(=O)N(C)[C@@H](CC(C)C)C(=O)N[C@H](C(=O)N(C)[C@@H](CC(C)C)C(=O)N[C@H](C)C(=O)NC(=O)NC)C(C)C. The van der Waals surface area contributed by atoms with E-state index in [0.29, 0.717) is 12.8 Å². The van der Waals surface area contributed by atoms with Crippen molar-refractivity contribution in [2.45, 2.75) is 178 Å². The molecule has 22 heteroatoms. The monoisotopic (exact) mass is 1050 g/mol. The highest BCUT2D eigenvalue weighted by molar-refractivity contribution is 6.02. The van der Waals surface area contributed by atoms with Gasteiger partial charge in [-0.25, -0.2) is 9.59 Å². The van der Waals surface area contributed by atoms with E-state index in [1.807, 2.05) is 55.4 Å². The van der Waals surface area contributed by atoms with Crippen LogP contribution in [0.4, 0.5) is 9.59 Å². The predicted molar refractivity (Wildman–Crippen MR) is 283 cm³/mol. The van der Waals surface area contributed by atoms with Crippen LogP contribution in [0.3, 0.4) is 0 Å². The van der Waals surface area contributed by atoms with Crippen molar-refractivity contribution < 1.29 is 52.7 Å². The van der Waals surface area contributed by atoms with Crippen LogP contribution in [0.1, 0.15) is 135 Å².